The molecule has 1 aliphatic rings. The van der Waals surface area contributed by atoms with Crippen LogP contribution in [0.5, 0.6) is 0 Å². The first kappa shape index (κ1) is 31.8. The molecular formula is C34H42F2N4O. The molecule has 2 N–H and O–H groups in total. The summed E-state index contributed by atoms with van der Waals surface area (Å²) in [6.07, 6.45) is 13.8. The number of aryl methyl sites for hydroxylation is 1. The molecule has 0 spiro atoms. The second-order valence-corrected chi connectivity index (χ2v) is 10.5. The fourth-order valence-electron chi connectivity index (χ4n) is 5.03. The minimum absolute atomic E-state index is 0.0267. The zero-order valence-corrected chi connectivity index (χ0v) is 24.5. The van der Waals surface area contributed by atoms with Crippen molar-refractivity contribution >= 4 is 11.7 Å². The van der Waals surface area contributed by atoms with Crippen molar-refractivity contribution in [3.05, 3.63) is 94.7 Å². The van der Waals surface area contributed by atoms with Crippen molar-refractivity contribution in [3.63, 3.8) is 0 Å². The number of pyridine rings is 1. The van der Waals surface area contributed by atoms with Crippen molar-refractivity contribution in [1.29, 1.82) is 0 Å². The van der Waals surface area contributed by atoms with E-state index in [4.69, 9.17) is 6.42 Å². The molecule has 7 heteroatoms. The number of halogens is 2. The van der Waals surface area contributed by atoms with Gasteiger partial charge in [0.05, 0.1) is 0 Å². The first-order valence-corrected chi connectivity index (χ1v) is 14.5. The first-order chi connectivity index (χ1) is 19.8. The van der Waals surface area contributed by atoms with E-state index in [1.165, 1.54) is 24.1 Å². The van der Waals surface area contributed by atoms with Gasteiger partial charge in [-0.25, -0.2) is 13.8 Å². The Balaban J connectivity index is 0.000000436. The number of carbonyl (C=O) groups is 1. The summed E-state index contributed by atoms with van der Waals surface area (Å²) in [5.74, 6) is 2.53. The van der Waals surface area contributed by atoms with E-state index in [9.17, 15) is 13.6 Å². The van der Waals surface area contributed by atoms with E-state index in [1.807, 2.05) is 18.2 Å². The lowest BCUT2D eigenvalue weighted by Gasteiger charge is -2.43. The Bertz CT molecular complexity index is 1260. The summed E-state index contributed by atoms with van der Waals surface area (Å²) in [7, 11) is 0. The van der Waals surface area contributed by atoms with Crippen LogP contribution in [0, 0.1) is 30.9 Å². The van der Waals surface area contributed by atoms with Crippen LogP contribution in [0.15, 0.2) is 60.8 Å². The van der Waals surface area contributed by atoms with Gasteiger partial charge in [-0.3, -0.25) is 4.79 Å². The molecule has 0 unspecified atom stereocenters. The number of carbonyl (C=O) groups excluding carboxylic acids is 1. The number of amides is 1. The SMILES string of the molecule is C#Cc1cccc(C2(NCCCNC(=O)c3ccnc(N(CCC)CCC)c3)CCC2)c1.Cc1cc(F)cc(F)c1. The number of hydrogen-bond acceptors (Lipinski definition) is 4. The maximum atomic E-state index is 12.7. The summed E-state index contributed by atoms with van der Waals surface area (Å²) in [5, 5.41) is 6.79. The summed E-state index contributed by atoms with van der Waals surface area (Å²) in [6, 6.07) is 15.4. The average Bonchev–Trinajstić information content (AvgIpc) is 2.93. The predicted molar refractivity (Wildman–Crippen MR) is 163 cm³/mol. The lowest BCUT2D eigenvalue weighted by Crippen LogP contribution is -2.48. The van der Waals surface area contributed by atoms with Crippen molar-refractivity contribution in [2.24, 2.45) is 0 Å². The van der Waals surface area contributed by atoms with Gasteiger partial charge in [0.25, 0.3) is 5.91 Å². The number of nitrogens with one attached hydrogen (secondary N) is 2. The molecule has 218 valence electrons. The third-order valence-electron chi connectivity index (χ3n) is 7.22. The van der Waals surface area contributed by atoms with Gasteiger partial charge in [0.15, 0.2) is 0 Å². The van der Waals surface area contributed by atoms with E-state index in [0.29, 0.717) is 17.7 Å². The second kappa shape index (κ2) is 15.9. The molecule has 0 atom stereocenters. The van der Waals surface area contributed by atoms with Gasteiger partial charge in [-0.05, 0) is 99.5 Å². The number of rotatable bonds is 12. The van der Waals surface area contributed by atoms with Gasteiger partial charge in [-0.1, -0.05) is 31.9 Å². The Morgan fingerprint density at radius 1 is 1.02 bits per heavy atom. The Labute approximate surface area is 243 Å². The Morgan fingerprint density at radius 2 is 1.73 bits per heavy atom. The fraction of sp³-hybridized carbons (Fsp3) is 0.412. The third kappa shape index (κ3) is 9.40. The highest BCUT2D eigenvalue weighted by Gasteiger charge is 2.37. The van der Waals surface area contributed by atoms with Crippen molar-refractivity contribution in [2.45, 2.75) is 64.8 Å². The van der Waals surface area contributed by atoms with Gasteiger partial charge < -0.3 is 15.5 Å². The van der Waals surface area contributed by atoms with Crippen molar-refractivity contribution in [1.82, 2.24) is 15.6 Å². The van der Waals surface area contributed by atoms with Crippen molar-refractivity contribution < 1.29 is 13.6 Å². The molecule has 5 nitrogen and oxygen atoms in total. The molecule has 1 heterocycles. The van der Waals surface area contributed by atoms with E-state index in [-0.39, 0.29) is 11.4 Å². The molecule has 0 radical (unpaired) electrons. The molecule has 1 aliphatic carbocycles. The third-order valence-corrected chi connectivity index (χ3v) is 7.22. The van der Waals surface area contributed by atoms with Crippen LogP contribution < -0.4 is 15.5 Å². The molecule has 1 amide bonds. The number of benzene rings is 2. The van der Waals surface area contributed by atoms with E-state index in [2.05, 4.69) is 52.4 Å². The summed E-state index contributed by atoms with van der Waals surface area (Å²) in [5.41, 5.74) is 3.50. The zero-order chi connectivity index (χ0) is 29.7. The van der Waals surface area contributed by atoms with Crippen LogP contribution in [-0.2, 0) is 5.54 Å². The van der Waals surface area contributed by atoms with Gasteiger partial charge in [0.2, 0.25) is 0 Å². The number of aromatic nitrogens is 1. The first-order valence-electron chi connectivity index (χ1n) is 14.5. The van der Waals surface area contributed by atoms with Gasteiger partial charge in [-0.2, -0.15) is 0 Å². The average molecular weight is 561 g/mol. The van der Waals surface area contributed by atoms with Crippen LogP contribution in [-0.4, -0.2) is 37.1 Å². The van der Waals surface area contributed by atoms with Gasteiger partial charge in [0.1, 0.15) is 17.5 Å². The molecule has 0 bridgehead atoms. The quantitative estimate of drug-likeness (QED) is 0.190. The summed E-state index contributed by atoms with van der Waals surface area (Å²) < 4.78 is 24.4. The Hall–Kier alpha value is -3.76. The Morgan fingerprint density at radius 3 is 2.32 bits per heavy atom. The summed E-state index contributed by atoms with van der Waals surface area (Å²) in [4.78, 5) is 19.4. The highest BCUT2D eigenvalue weighted by molar-refractivity contribution is 5.94. The number of terminal acetylenes is 1. The maximum Gasteiger partial charge on any atom is 0.251 e. The fourth-order valence-corrected chi connectivity index (χ4v) is 5.03. The van der Waals surface area contributed by atoms with Crippen LogP contribution in [0.4, 0.5) is 14.6 Å². The molecule has 0 aliphatic heterocycles. The minimum Gasteiger partial charge on any atom is -0.357 e. The molecule has 0 saturated heterocycles. The van der Waals surface area contributed by atoms with Gasteiger partial charge in [-0.15, -0.1) is 6.42 Å². The maximum absolute atomic E-state index is 12.7. The smallest absolute Gasteiger partial charge is 0.251 e. The minimum atomic E-state index is -0.521. The van der Waals surface area contributed by atoms with Crippen LogP contribution >= 0.6 is 0 Å². The molecule has 41 heavy (non-hydrogen) atoms. The van der Waals surface area contributed by atoms with E-state index >= 15 is 0 Å². The summed E-state index contributed by atoms with van der Waals surface area (Å²) >= 11 is 0. The number of hydrogen-bond donors (Lipinski definition) is 2. The highest BCUT2D eigenvalue weighted by atomic mass is 19.1. The molecule has 4 rings (SSSR count). The summed E-state index contributed by atoms with van der Waals surface area (Å²) in [6.45, 7) is 9.35. The molecule has 1 saturated carbocycles. The largest absolute Gasteiger partial charge is 0.357 e. The van der Waals surface area contributed by atoms with Crippen LogP contribution in [0.1, 0.15) is 79.4 Å². The molecule has 3 aromatic rings. The number of nitrogens with zero attached hydrogens (tertiary/aromatic N) is 2. The van der Waals surface area contributed by atoms with Crippen LogP contribution in [0.2, 0.25) is 0 Å². The second-order valence-electron chi connectivity index (χ2n) is 10.5. The van der Waals surface area contributed by atoms with Gasteiger partial charge >= 0.3 is 0 Å². The standard InChI is InChI=1S/C27H36N4O.C7H6F2/c1-4-18-31(19-5-2)25-21-23(12-17-28-25)26(32)29-15-9-16-30-27(13-8-14-27)24-11-7-10-22(6-3)20-24;1-5-2-6(8)4-7(9)3-5/h3,7,10-12,17,20-21,30H,4-5,8-9,13-16,18-19H2,1-2H3,(H,29,32);2-4H,1H3. The van der Waals surface area contributed by atoms with Crippen molar-refractivity contribution in [3.8, 4) is 12.3 Å². The van der Waals surface area contributed by atoms with Gasteiger partial charge in [0, 0.05) is 48.6 Å². The highest BCUT2D eigenvalue weighted by Crippen LogP contribution is 2.41. The van der Waals surface area contributed by atoms with E-state index in [1.54, 1.807) is 19.2 Å². The monoisotopic (exact) mass is 560 g/mol. The van der Waals surface area contributed by atoms with Crippen LogP contribution in [0.3, 0.4) is 0 Å². The van der Waals surface area contributed by atoms with Crippen molar-refractivity contribution in [2.75, 3.05) is 31.1 Å². The lowest BCUT2D eigenvalue weighted by molar-refractivity contribution is 0.0952. The molecule has 1 aromatic heterocycles. The molecule has 2 aromatic carbocycles. The lowest BCUT2D eigenvalue weighted by atomic mass is 9.71. The molecule has 1 fully saturated rings. The molecular weight excluding hydrogens is 518 g/mol. The van der Waals surface area contributed by atoms with E-state index in [0.717, 1.165) is 69.2 Å². The van der Waals surface area contributed by atoms with E-state index < -0.39 is 11.6 Å². The normalized spacial score (nSPS) is 13.3. The zero-order valence-electron chi connectivity index (χ0n) is 24.5. The number of anilines is 1. The predicted octanol–water partition coefficient (Wildman–Crippen LogP) is 6.75. The van der Waals surface area contributed by atoms with Crippen LogP contribution in [0.25, 0.3) is 0 Å². The topological polar surface area (TPSA) is 57.3 Å². The Kier molecular flexibility index (Phi) is 12.3.